The Morgan fingerprint density at radius 3 is 2.55 bits per heavy atom. The summed E-state index contributed by atoms with van der Waals surface area (Å²) in [6.45, 7) is 1.83. The molecule has 6 heteroatoms. The van der Waals surface area contributed by atoms with Crippen LogP contribution in [0.25, 0.3) is 0 Å². The van der Waals surface area contributed by atoms with E-state index in [0.717, 1.165) is 5.69 Å². The third-order valence-corrected chi connectivity index (χ3v) is 2.64. The number of hydrogen-bond acceptors (Lipinski definition) is 5. The Balaban J connectivity index is 2.39. The van der Waals surface area contributed by atoms with Crippen LogP contribution in [0.2, 0.25) is 0 Å². The molecule has 1 heterocycles. The maximum Gasteiger partial charge on any atom is 0.248 e. The second-order valence-corrected chi connectivity index (χ2v) is 4.21. The lowest BCUT2D eigenvalue weighted by molar-refractivity contribution is 0.0999. The minimum absolute atomic E-state index is 0.272. The number of methoxy groups -OCH3 is 1. The van der Waals surface area contributed by atoms with Crippen molar-refractivity contribution in [3.05, 3.63) is 41.6 Å². The number of rotatable bonds is 4. The normalized spacial score (nSPS) is 10.1. The van der Waals surface area contributed by atoms with Gasteiger partial charge in [0.25, 0.3) is 0 Å². The van der Waals surface area contributed by atoms with Gasteiger partial charge in [-0.1, -0.05) is 0 Å². The third-order valence-electron chi connectivity index (χ3n) is 2.64. The zero-order valence-corrected chi connectivity index (χ0v) is 11.2. The monoisotopic (exact) mass is 273 g/mol. The molecule has 0 bridgehead atoms. The Bertz CT molecular complexity index is 656. The Kier molecular flexibility index (Phi) is 3.74. The minimum atomic E-state index is -0.570. The fourth-order valence-electron chi connectivity index (χ4n) is 1.63. The lowest BCUT2D eigenvalue weighted by Crippen LogP contribution is -2.11. The number of nitrogens with two attached hydrogens (primary N) is 2. The summed E-state index contributed by atoms with van der Waals surface area (Å²) in [6, 6.07) is 8.14. The molecule has 1 amide bonds. The fraction of sp³-hybridized carbons (Fsp3) is 0.143. The number of benzene rings is 1. The number of carbonyl (C=O) groups is 1. The van der Waals surface area contributed by atoms with E-state index < -0.39 is 5.91 Å². The first-order valence-electron chi connectivity index (χ1n) is 5.89. The summed E-state index contributed by atoms with van der Waals surface area (Å²) in [5.41, 5.74) is 12.5. The molecule has 6 nitrogen and oxygen atoms in total. The summed E-state index contributed by atoms with van der Waals surface area (Å²) in [7, 11) is 1.49. The van der Waals surface area contributed by atoms with Crippen molar-refractivity contribution in [2.75, 3.05) is 12.8 Å². The molecule has 0 aliphatic rings. The SMILES string of the molecule is COc1cc(Oc2nc(C)ccc2N)cc(C(N)=O)c1. The molecule has 4 N–H and O–H groups in total. The van der Waals surface area contributed by atoms with Gasteiger partial charge < -0.3 is 20.9 Å². The van der Waals surface area contributed by atoms with Crippen molar-refractivity contribution >= 4 is 11.6 Å². The number of aryl methyl sites for hydroxylation is 1. The molecule has 0 radical (unpaired) electrons. The van der Waals surface area contributed by atoms with Gasteiger partial charge in [0.1, 0.15) is 11.5 Å². The van der Waals surface area contributed by atoms with Crippen LogP contribution < -0.4 is 20.9 Å². The predicted molar refractivity (Wildman–Crippen MR) is 75.0 cm³/mol. The third kappa shape index (κ3) is 2.97. The molecule has 1 aromatic carbocycles. The number of anilines is 1. The van der Waals surface area contributed by atoms with Crippen molar-refractivity contribution < 1.29 is 14.3 Å². The van der Waals surface area contributed by atoms with Gasteiger partial charge in [-0.25, -0.2) is 4.98 Å². The van der Waals surface area contributed by atoms with E-state index in [1.807, 2.05) is 6.92 Å². The van der Waals surface area contributed by atoms with E-state index in [9.17, 15) is 4.79 Å². The van der Waals surface area contributed by atoms with Crippen LogP contribution in [-0.4, -0.2) is 18.0 Å². The number of nitrogens with zero attached hydrogens (tertiary/aromatic N) is 1. The summed E-state index contributed by atoms with van der Waals surface area (Å²) in [6.07, 6.45) is 0. The fourth-order valence-corrected chi connectivity index (χ4v) is 1.63. The van der Waals surface area contributed by atoms with Gasteiger partial charge in [0.05, 0.1) is 12.8 Å². The molecule has 0 saturated heterocycles. The molecule has 0 atom stereocenters. The highest BCUT2D eigenvalue weighted by Crippen LogP contribution is 2.29. The first kappa shape index (κ1) is 13.7. The van der Waals surface area contributed by atoms with Gasteiger partial charge in [-0.15, -0.1) is 0 Å². The largest absolute Gasteiger partial charge is 0.497 e. The number of carbonyl (C=O) groups excluding carboxylic acids is 1. The number of ether oxygens (including phenoxy) is 2. The van der Waals surface area contributed by atoms with E-state index in [0.29, 0.717) is 17.2 Å². The van der Waals surface area contributed by atoms with E-state index in [1.54, 1.807) is 18.2 Å². The van der Waals surface area contributed by atoms with Gasteiger partial charge in [-0.05, 0) is 31.2 Å². The first-order chi connectivity index (χ1) is 9.49. The average Bonchev–Trinajstić information content (AvgIpc) is 2.42. The topological polar surface area (TPSA) is 100 Å². The maximum atomic E-state index is 11.3. The molecule has 2 aromatic rings. The Morgan fingerprint density at radius 2 is 1.90 bits per heavy atom. The van der Waals surface area contributed by atoms with Gasteiger partial charge >= 0.3 is 0 Å². The lowest BCUT2D eigenvalue weighted by atomic mass is 10.2. The van der Waals surface area contributed by atoms with Crippen LogP contribution in [0, 0.1) is 6.92 Å². The molecule has 0 unspecified atom stereocenters. The smallest absolute Gasteiger partial charge is 0.248 e. The van der Waals surface area contributed by atoms with Gasteiger partial charge in [-0.2, -0.15) is 0 Å². The molecule has 104 valence electrons. The van der Waals surface area contributed by atoms with Crippen molar-refractivity contribution in [2.24, 2.45) is 5.73 Å². The van der Waals surface area contributed by atoms with Crippen LogP contribution >= 0.6 is 0 Å². The van der Waals surface area contributed by atoms with Crippen molar-refractivity contribution in [3.63, 3.8) is 0 Å². The highest BCUT2D eigenvalue weighted by Gasteiger charge is 2.10. The highest BCUT2D eigenvalue weighted by molar-refractivity contribution is 5.93. The highest BCUT2D eigenvalue weighted by atomic mass is 16.5. The lowest BCUT2D eigenvalue weighted by Gasteiger charge is -2.10. The molecule has 0 aliphatic heterocycles. The molecule has 0 aliphatic carbocycles. The quantitative estimate of drug-likeness (QED) is 0.885. The Hall–Kier alpha value is -2.76. The number of hydrogen-bond donors (Lipinski definition) is 2. The molecule has 1 aromatic heterocycles. The standard InChI is InChI=1S/C14H15N3O3/c1-8-3-4-12(15)14(17-8)20-11-6-9(13(16)18)5-10(7-11)19-2/h3-7H,15H2,1-2H3,(H2,16,18). The van der Waals surface area contributed by atoms with Gasteiger partial charge in [-0.3, -0.25) is 4.79 Å². The maximum absolute atomic E-state index is 11.3. The molecule has 0 saturated carbocycles. The molecular formula is C14H15N3O3. The molecule has 2 rings (SSSR count). The Labute approximate surface area is 116 Å². The molecule has 20 heavy (non-hydrogen) atoms. The minimum Gasteiger partial charge on any atom is -0.497 e. The average molecular weight is 273 g/mol. The molecule has 0 spiro atoms. The van der Waals surface area contributed by atoms with Crippen LogP contribution in [0.3, 0.4) is 0 Å². The van der Waals surface area contributed by atoms with Gasteiger partial charge in [0.2, 0.25) is 11.8 Å². The predicted octanol–water partition coefficient (Wildman–Crippen LogP) is 1.87. The summed E-state index contributed by atoms with van der Waals surface area (Å²) in [5, 5.41) is 0. The number of aromatic nitrogens is 1. The zero-order chi connectivity index (χ0) is 14.7. The van der Waals surface area contributed by atoms with Crippen LogP contribution in [0.4, 0.5) is 5.69 Å². The number of pyridine rings is 1. The van der Waals surface area contributed by atoms with E-state index in [4.69, 9.17) is 20.9 Å². The summed E-state index contributed by atoms with van der Waals surface area (Å²) in [5.74, 6) is 0.540. The number of nitrogen functional groups attached to an aromatic ring is 1. The molecule has 0 fully saturated rings. The van der Waals surface area contributed by atoms with Crippen LogP contribution in [0.1, 0.15) is 16.1 Å². The first-order valence-corrected chi connectivity index (χ1v) is 5.89. The second kappa shape index (κ2) is 5.48. The van der Waals surface area contributed by atoms with E-state index in [2.05, 4.69) is 4.98 Å². The van der Waals surface area contributed by atoms with E-state index >= 15 is 0 Å². The second-order valence-electron chi connectivity index (χ2n) is 4.21. The summed E-state index contributed by atoms with van der Waals surface area (Å²) < 4.78 is 10.7. The van der Waals surface area contributed by atoms with E-state index in [-0.39, 0.29) is 11.4 Å². The molecular weight excluding hydrogens is 258 g/mol. The van der Waals surface area contributed by atoms with Crippen molar-refractivity contribution in [1.29, 1.82) is 0 Å². The van der Waals surface area contributed by atoms with Crippen molar-refractivity contribution in [1.82, 2.24) is 4.98 Å². The van der Waals surface area contributed by atoms with E-state index in [1.165, 1.54) is 19.2 Å². The van der Waals surface area contributed by atoms with Gasteiger partial charge in [0.15, 0.2) is 0 Å². The van der Waals surface area contributed by atoms with Crippen molar-refractivity contribution in [3.8, 4) is 17.4 Å². The van der Waals surface area contributed by atoms with Gasteiger partial charge in [0, 0.05) is 17.3 Å². The van der Waals surface area contributed by atoms with Crippen LogP contribution in [-0.2, 0) is 0 Å². The number of amides is 1. The summed E-state index contributed by atoms with van der Waals surface area (Å²) >= 11 is 0. The van der Waals surface area contributed by atoms with Crippen LogP contribution in [0.5, 0.6) is 17.4 Å². The summed E-state index contributed by atoms with van der Waals surface area (Å²) in [4.78, 5) is 15.5. The zero-order valence-electron chi connectivity index (χ0n) is 11.2. The number of primary amides is 1. The van der Waals surface area contributed by atoms with Crippen LogP contribution in [0.15, 0.2) is 30.3 Å². The van der Waals surface area contributed by atoms with Crippen molar-refractivity contribution in [2.45, 2.75) is 6.92 Å². The Morgan fingerprint density at radius 1 is 1.20 bits per heavy atom.